The van der Waals surface area contributed by atoms with Gasteiger partial charge in [-0.15, -0.1) is 0 Å². The van der Waals surface area contributed by atoms with Crippen molar-refractivity contribution >= 4 is 22.6 Å². The van der Waals surface area contributed by atoms with Gasteiger partial charge in [-0.25, -0.2) is 4.39 Å². The predicted octanol–water partition coefficient (Wildman–Crippen LogP) is 2.43. The molecule has 0 spiro atoms. The van der Waals surface area contributed by atoms with Gasteiger partial charge < -0.3 is 0 Å². The minimum Gasteiger partial charge on any atom is -0.207 e. The summed E-state index contributed by atoms with van der Waals surface area (Å²) in [6.45, 7) is 0. The molecule has 0 saturated heterocycles. The highest BCUT2D eigenvalue weighted by molar-refractivity contribution is 14.1. The molecule has 1 rings (SSSR count). The summed E-state index contributed by atoms with van der Waals surface area (Å²) in [4.78, 5) is 0. The van der Waals surface area contributed by atoms with Gasteiger partial charge in [0, 0.05) is 3.57 Å². The maximum Gasteiger partial charge on any atom is 0.123 e. The predicted molar refractivity (Wildman–Crippen MR) is 39.1 cm³/mol. The molecule has 0 fully saturated rings. The summed E-state index contributed by atoms with van der Waals surface area (Å²) >= 11 is 1.99. The highest BCUT2D eigenvalue weighted by atomic mass is 127. The highest BCUT2D eigenvalue weighted by Gasteiger charge is 1.84. The van der Waals surface area contributed by atoms with E-state index in [1.807, 2.05) is 22.6 Å². The summed E-state index contributed by atoms with van der Waals surface area (Å²) in [5, 5.41) is 0. The maximum absolute atomic E-state index is 12.2. The lowest BCUT2D eigenvalue weighted by atomic mass is 10.4. The van der Waals surface area contributed by atoms with Crippen molar-refractivity contribution in [1.29, 1.82) is 0 Å². The van der Waals surface area contributed by atoms with Gasteiger partial charge in [-0.2, -0.15) is 0 Å². The molecule has 1 aromatic rings. The molecule has 0 bridgehead atoms. The van der Waals surface area contributed by atoms with Gasteiger partial charge in [0.25, 0.3) is 0 Å². The third-order valence-electron chi connectivity index (χ3n) is 0.737. The van der Waals surface area contributed by atoms with Crippen LogP contribution in [0.3, 0.4) is 0 Å². The molecule has 0 aromatic heterocycles. The quantitative estimate of drug-likeness (QED) is 0.592. The number of hydrogen-bond acceptors (Lipinski definition) is 0. The molecule has 0 heterocycles. The minimum absolute atomic E-state index is 0.246. The first-order valence-electron chi connectivity index (χ1n) is 2.62. The van der Waals surface area contributed by atoms with Crippen molar-refractivity contribution in [2.45, 2.75) is 0 Å². The third kappa shape index (κ3) is 1.43. The van der Waals surface area contributed by atoms with Crippen molar-refractivity contribution in [2.24, 2.45) is 0 Å². The molecule has 0 amide bonds. The molecule has 0 saturated carbocycles. The van der Waals surface area contributed by atoms with E-state index in [0.29, 0.717) is 0 Å². The van der Waals surface area contributed by atoms with Crippen LogP contribution in [0.2, 0.25) is 0 Å². The summed E-state index contributed by atoms with van der Waals surface area (Å²) in [5.74, 6) is -0.347. The minimum atomic E-state index is -0.347. The number of hydrogen-bond donors (Lipinski definition) is 0. The van der Waals surface area contributed by atoms with E-state index in [9.17, 15) is 4.39 Å². The fraction of sp³-hybridized carbons (Fsp3) is 0. The molecule has 0 aliphatic heterocycles. The van der Waals surface area contributed by atoms with Gasteiger partial charge in [-0.1, -0.05) is 0 Å². The molecular formula is C6H4FI. The molecular weight excluding hydrogens is 218 g/mol. The molecule has 0 atom stereocenters. The normalized spacial score (nSPS) is 11.0. The second-order valence-electron chi connectivity index (χ2n) is 1.35. The first-order chi connectivity index (χ1) is 4.20. The zero-order chi connectivity index (χ0) is 6.85. The standard InChI is InChI=1S/C6H4FI/c7-5-1-3-6(8)4-2-5/h1-4H/i3D. The molecule has 0 aliphatic carbocycles. The van der Waals surface area contributed by atoms with Gasteiger partial charge in [0.15, 0.2) is 0 Å². The van der Waals surface area contributed by atoms with Gasteiger partial charge in [-0.3, -0.25) is 0 Å². The summed E-state index contributed by atoms with van der Waals surface area (Å²) in [5.41, 5.74) is 0. The average molecular weight is 223 g/mol. The lowest BCUT2D eigenvalue weighted by molar-refractivity contribution is 0.627. The monoisotopic (exact) mass is 223 g/mol. The van der Waals surface area contributed by atoms with E-state index in [2.05, 4.69) is 0 Å². The van der Waals surface area contributed by atoms with Crippen molar-refractivity contribution < 1.29 is 5.76 Å². The van der Waals surface area contributed by atoms with Crippen LogP contribution in [0.15, 0.2) is 24.2 Å². The Morgan fingerprint density at radius 3 is 2.75 bits per heavy atom. The Labute approximate surface area is 62.3 Å². The summed E-state index contributed by atoms with van der Waals surface area (Å²) in [6.07, 6.45) is 0. The van der Waals surface area contributed by atoms with E-state index in [-0.39, 0.29) is 11.9 Å². The van der Waals surface area contributed by atoms with Crippen LogP contribution in [-0.2, 0) is 0 Å². The molecule has 0 aliphatic rings. The fourth-order valence-electron chi connectivity index (χ4n) is 0.387. The third-order valence-corrected chi connectivity index (χ3v) is 1.41. The Balaban J connectivity index is 3.17. The largest absolute Gasteiger partial charge is 0.207 e. The molecule has 0 radical (unpaired) electrons. The van der Waals surface area contributed by atoms with E-state index < -0.39 is 0 Å². The van der Waals surface area contributed by atoms with E-state index in [0.717, 1.165) is 3.57 Å². The molecule has 8 heavy (non-hydrogen) atoms. The second kappa shape index (κ2) is 2.44. The number of benzene rings is 1. The van der Waals surface area contributed by atoms with E-state index >= 15 is 0 Å². The van der Waals surface area contributed by atoms with Crippen LogP contribution >= 0.6 is 22.6 Å². The smallest absolute Gasteiger partial charge is 0.123 e. The average Bonchev–Trinajstić information content (AvgIpc) is 1.80. The molecule has 0 N–H and O–H groups in total. The van der Waals surface area contributed by atoms with Crippen LogP contribution in [0.4, 0.5) is 4.39 Å². The van der Waals surface area contributed by atoms with Crippen molar-refractivity contribution in [2.75, 3.05) is 0 Å². The Kier molecular flexibility index (Phi) is 1.44. The number of halogens is 2. The number of rotatable bonds is 0. The van der Waals surface area contributed by atoms with E-state index in [1.54, 1.807) is 6.07 Å². The van der Waals surface area contributed by atoms with E-state index in [4.69, 9.17) is 1.37 Å². The first-order valence-corrected chi connectivity index (χ1v) is 3.19. The van der Waals surface area contributed by atoms with Crippen LogP contribution in [0.25, 0.3) is 0 Å². The van der Waals surface area contributed by atoms with Gasteiger partial charge in [0.1, 0.15) is 5.82 Å². The lowest BCUT2D eigenvalue weighted by Gasteiger charge is -1.85. The SMILES string of the molecule is [2H]c1cc(F)ccc1I. The van der Waals surface area contributed by atoms with Crippen molar-refractivity contribution in [3.63, 3.8) is 0 Å². The summed E-state index contributed by atoms with van der Waals surface area (Å²) in [7, 11) is 0. The van der Waals surface area contributed by atoms with Crippen LogP contribution in [-0.4, -0.2) is 0 Å². The molecule has 0 nitrogen and oxygen atoms in total. The van der Waals surface area contributed by atoms with Gasteiger partial charge in [0.2, 0.25) is 0 Å². The Morgan fingerprint density at radius 1 is 1.50 bits per heavy atom. The fourth-order valence-corrected chi connectivity index (χ4v) is 0.722. The van der Waals surface area contributed by atoms with E-state index in [1.165, 1.54) is 12.1 Å². The molecule has 1 aromatic carbocycles. The molecule has 42 valence electrons. The highest BCUT2D eigenvalue weighted by Crippen LogP contribution is 2.03. The van der Waals surface area contributed by atoms with Crippen LogP contribution in [0.5, 0.6) is 0 Å². The Bertz CT molecular complexity index is 224. The van der Waals surface area contributed by atoms with Crippen molar-refractivity contribution in [3.05, 3.63) is 33.6 Å². The van der Waals surface area contributed by atoms with Crippen LogP contribution in [0, 0.1) is 9.39 Å². The van der Waals surface area contributed by atoms with Gasteiger partial charge >= 0.3 is 0 Å². The lowest BCUT2D eigenvalue weighted by Crippen LogP contribution is -1.70. The first kappa shape index (κ1) is 4.73. The van der Waals surface area contributed by atoms with Gasteiger partial charge in [-0.05, 0) is 46.8 Å². The zero-order valence-electron chi connectivity index (χ0n) is 4.99. The zero-order valence-corrected chi connectivity index (χ0v) is 6.15. The summed E-state index contributed by atoms with van der Waals surface area (Å²) < 4.78 is 20.1. The van der Waals surface area contributed by atoms with Crippen molar-refractivity contribution in [3.8, 4) is 0 Å². The van der Waals surface area contributed by atoms with Crippen LogP contribution < -0.4 is 0 Å². The Morgan fingerprint density at radius 2 is 2.25 bits per heavy atom. The second-order valence-corrected chi connectivity index (χ2v) is 2.52. The Hall–Kier alpha value is -0.120. The summed E-state index contributed by atoms with van der Waals surface area (Å²) in [6, 6.07) is 4.37. The maximum atomic E-state index is 12.2. The molecule has 0 unspecified atom stereocenters. The van der Waals surface area contributed by atoms with Crippen molar-refractivity contribution in [1.82, 2.24) is 0 Å². The molecule has 2 heteroatoms. The van der Waals surface area contributed by atoms with Gasteiger partial charge in [0.05, 0.1) is 1.37 Å². The van der Waals surface area contributed by atoms with Crippen LogP contribution in [0.1, 0.15) is 1.37 Å². The topological polar surface area (TPSA) is 0 Å².